The SMILES string of the molecule is CN/N=C(/Cl)N(N)c1ccccc1. The molecule has 1 aromatic rings. The Labute approximate surface area is 81.9 Å². The lowest BCUT2D eigenvalue weighted by Gasteiger charge is -2.15. The average Bonchev–Trinajstić information content (AvgIpc) is 2.18. The summed E-state index contributed by atoms with van der Waals surface area (Å²) in [6, 6.07) is 9.33. The van der Waals surface area contributed by atoms with Crippen molar-refractivity contribution in [1.82, 2.24) is 5.43 Å². The number of para-hydroxylation sites is 1. The Bertz CT molecular complexity index is 285. The van der Waals surface area contributed by atoms with Gasteiger partial charge in [-0.3, -0.25) is 5.01 Å². The van der Waals surface area contributed by atoms with Crippen molar-refractivity contribution >= 4 is 22.6 Å². The minimum Gasteiger partial charge on any atom is -0.310 e. The molecule has 3 N–H and O–H groups in total. The molecule has 1 rings (SSSR count). The fourth-order valence-corrected chi connectivity index (χ4v) is 1.02. The third-order valence-electron chi connectivity index (χ3n) is 1.44. The Kier molecular flexibility index (Phi) is 3.54. The van der Waals surface area contributed by atoms with Crippen molar-refractivity contribution < 1.29 is 0 Å². The second-order valence-corrected chi connectivity index (χ2v) is 2.65. The van der Waals surface area contributed by atoms with Gasteiger partial charge >= 0.3 is 0 Å². The molecule has 0 atom stereocenters. The molecule has 70 valence electrons. The zero-order valence-corrected chi connectivity index (χ0v) is 7.99. The monoisotopic (exact) mass is 198 g/mol. The van der Waals surface area contributed by atoms with Gasteiger partial charge in [0.1, 0.15) is 0 Å². The standard InChI is InChI=1S/C8H11ClN4/c1-11-12-8(9)13(10)7-5-3-2-4-6-7/h2-6,11H,10H2,1H3/b12-8-. The van der Waals surface area contributed by atoms with Gasteiger partial charge in [0.2, 0.25) is 5.29 Å². The fourth-order valence-electron chi connectivity index (χ4n) is 0.841. The summed E-state index contributed by atoms with van der Waals surface area (Å²) in [4.78, 5) is 0. The second kappa shape index (κ2) is 4.69. The number of hydrazone groups is 1. The molecule has 0 unspecified atom stereocenters. The maximum absolute atomic E-state index is 5.75. The summed E-state index contributed by atoms with van der Waals surface area (Å²) < 4.78 is 0. The summed E-state index contributed by atoms with van der Waals surface area (Å²) in [6.07, 6.45) is 0. The quantitative estimate of drug-likeness (QED) is 0.246. The van der Waals surface area contributed by atoms with Gasteiger partial charge in [-0.05, 0) is 23.7 Å². The van der Waals surface area contributed by atoms with Crippen molar-refractivity contribution in [1.29, 1.82) is 0 Å². The van der Waals surface area contributed by atoms with Crippen LogP contribution in [0, 0.1) is 0 Å². The topological polar surface area (TPSA) is 53.7 Å². The minimum atomic E-state index is 0.189. The van der Waals surface area contributed by atoms with Crippen LogP contribution in [0.5, 0.6) is 0 Å². The van der Waals surface area contributed by atoms with Gasteiger partial charge in [0.15, 0.2) is 0 Å². The van der Waals surface area contributed by atoms with Crippen LogP contribution in [-0.4, -0.2) is 12.3 Å². The Morgan fingerprint density at radius 3 is 2.62 bits per heavy atom. The van der Waals surface area contributed by atoms with Crippen molar-refractivity contribution in [3.63, 3.8) is 0 Å². The third-order valence-corrected chi connectivity index (χ3v) is 1.70. The molecule has 0 heterocycles. The Morgan fingerprint density at radius 1 is 1.46 bits per heavy atom. The number of hydrogen-bond donors (Lipinski definition) is 2. The molecular weight excluding hydrogens is 188 g/mol. The van der Waals surface area contributed by atoms with E-state index in [1.165, 1.54) is 5.01 Å². The van der Waals surface area contributed by atoms with E-state index in [-0.39, 0.29) is 5.29 Å². The van der Waals surface area contributed by atoms with Crippen LogP contribution in [0.4, 0.5) is 5.69 Å². The smallest absolute Gasteiger partial charge is 0.235 e. The first-order valence-electron chi connectivity index (χ1n) is 3.75. The lowest BCUT2D eigenvalue weighted by atomic mass is 10.3. The lowest BCUT2D eigenvalue weighted by Crippen LogP contribution is -2.35. The number of nitrogens with zero attached hydrogens (tertiary/aromatic N) is 2. The average molecular weight is 199 g/mol. The summed E-state index contributed by atoms with van der Waals surface area (Å²) in [5, 5.41) is 5.21. The van der Waals surface area contributed by atoms with Crippen molar-refractivity contribution in [3.05, 3.63) is 30.3 Å². The van der Waals surface area contributed by atoms with E-state index in [0.717, 1.165) is 5.69 Å². The van der Waals surface area contributed by atoms with Gasteiger partial charge in [-0.25, -0.2) is 5.84 Å². The molecule has 1 aromatic carbocycles. The van der Waals surface area contributed by atoms with Crippen LogP contribution >= 0.6 is 11.6 Å². The number of amidine groups is 1. The number of halogens is 1. The van der Waals surface area contributed by atoms with E-state index in [4.69, 9.17) is 17.4 Å². The summed E-state index contributed by atoms with van der Waals surface area (Å²) in [6.45, 7) is 0. The molecule has 5 heteroatoms. The zero-order chi connectivity index (χ0) is 9.68. The van der Waals surface area contributed by atoms with Gasteiger partial charge in [0.05, 0.1) is 5.69 Å². The first kappa shape index (κ1) is 9.83. The molecule has 0 aliphatic carbocycles. The molecule has 0 amide bonds. The highest BCUT2D eigenvalue weighted by molar-refractivity contribution is 6.67. The second-order valence-electron chi connectivity index (χ2n) is 2.31. The molecule has 0 aliphatic heterocycles. The molecule has 13 heavy (non-hydrogen) atoms. The van der Waals surface area contributed by atoms with Crippen molar-refractivity contribution in [2.75, 3.05) is 12.1 Å². The molecule has 0 aromatic heterocycles. The highest BCUT2D eigenvalue weighted by atomic mass is 35.5. The predicted octanol–water partition coefficient (Wildman–Crippen LogP) is 1.10. The van der Waals surface area contributed by atoms with E-state index >= 15 is 0 Å². The molecule has 0 saturated carbocycles. The predicted molar refractivity (Wildman–Crippen MR) is 55.5 cm³/mol. The first-order chi connectivity index (χ1) is 6.25. The molecule has 0 radical (unpaired) electrons. The summed E-state index contributed by atoms with van der Waals surface area (Å²) in [7, 11) is 1.65. The Morgan fingerprint density at radius 2 is 2.08 bits per heavy atom. The van der Waals surface area contributed by atoms with Crippen LogP contribution < -0.4 is 16.3 Å². The molecule has 0 fully saturated rings. The van der Waals surface area contributed by atoms with E-state index < -0.39 is 0 Å². The van der Waals surface area contributed by atoms with Gasteiger partial charge in [-0.2, -0.15) is 0 Å². The van der Waals surface area contributed by atoms with E-state index in [1.807, 2.05) is 30.3 Å². The zero-order valence-electron chi connectivity index (χ0n) is 7.24. The minimum absolute atomic E-state index is 0.189. The maximum atomic E-state index is 5.75. The third kappa shape index (κ3) is 2.61. The van der Waals surface area contributed by atoms with Gasteiger partial charge in [0.25, 0.3) is 0 Å². The fraction of sp³-hybridized carbons (Fsp3) is 0.125. The van der Waals surface area contributed by atoms with E-state index in [0.29, 0.717) is 0 Å². The Hall–Kier alpha value is -1.26. The molecular formula is C8H11ClN4. The number of nitrogens with one attached hydrogen (secondary N) is 1. The van der Waals surface area contributed by atoms with E-state index in [1.54, 1.807) is 7.05 Å². The highest BCUT2D eigenvalue weighted by Gasteiger charge is 2.04. The van der Waals surface area contributed by atoms with Crippen LogP contribution in [0.3, 0.4) is 0 Å². The normalized spacial score (nSPS) is 11.2. The number of benzene rings is 1. The van der Waals surface area contributed by atoms with Crippen LogP contribution in [0.25, 0.3) is 0 Å². The van der Waals surface area contributed by atoms with Crippen LogP contribution in [-0.2, 0) is 0 Å². The summed E-state index contributed by atoms with van der Waals surface area (Å²) in [5.41, 5.74) is 3.34. The van der Waals surface area contributed by atoms with Crippen LogP contribution in [0.2, 0.25) is 0 Å². The number of hydrogen-bond acceptors (Lipinski definition) is 3. The number of hydrazine groups is 1. The lowest BCUT2D eigenvalue weighted by molar-refractivity contribution is 0.894. The molecule has 4 nitrogen and oxygen atoms in total. The Balaban J connectivity index is 2.79. The largest absolute Gasteiger partial charge is 0.310 e. The summed E-state index contributed by atoms with van der Waals surface area (Å²) >= 11 is 5.75. The molecule has 0 bridgehead atoms. The van der Waals surface area contributed by atoms with E-state index in [2.05, 4.69) is 10.5 Å². The number of rotatable bonds is 2. The molecule has 0 saturated heterocycles. The number of anilines is 1. The number of nitrogens with two attached hydrogens (primary N) is 1. The first-order valence-corrected chi connectivity index (χ1v) is 4.13. The molecule has 0 aliphatic rings. The molecule has 0 spiro atoms. The van der Waals surface area contributed by atoms with Crippen molar-refractivity contribution in [2.45, 2.75) is 0 Å². The van der Waals surface area contributed by atoms with Gasteiger partial charge in [-0.1, -0.05) is 18.2 Å². The van der Waals surface area contributed by atoms with Crippen LogP contribution in [0.15, 0.2) is 35.4 Å². The van der Waals surface area contributed by atoms with Crippen molar-refractivity contribution in [3.8, 4) is 0 Å². The van der Waals surface area contributed by atoms with Crippen molar-refractivity contribution in [2.24, 2.45) is 10.9 Å². The highest BCUT2D eigenvalue weighted by Crippen LogP contribution is 2.10. The van der Waals surface area contributed by atoms with E-state index in [9.17, 15) is 0 Å². The van der Waals surface area contributed by atoms with Gasteiger partial charge < -0.3 is 5.43 Å². The van der Waals surface area contributed by atoms with Gasteiger partial charge in [0, 0.05) is 7.05 Å². The summed E-state index contributed by atoms with van der Waals surface area (Å²) in [5.74, 6) is 5.66. The van der Waals surface area contributed by atoms with Gasteiger partial charge in [-0.15, -0.1) is 5.10 Å². The van der Waals surface area contributed by atoms with Crippen LogP contribution in [0.1, 0.15) is 0 Å². The maximum Gasteiger partial charge on any atom is 0.235 e.